The lowest BCUT2D eigenvalue weighted by Gasteiger charge is -2.32. The van der Waals surface area contributed by atoms with E-state index in [1.165, 1.54) is 0 Å². The van der Waals surface area contributed by atoms with Crippen molar-refractivity contribution in [2.24, 2.45) is 5.92 Å². The highest BCUT2D eigenvalue weighted by molar-refractivity contribution is 5.92. The average Bonchev–Trinajstić information content (AvgIpc) is 3.11. The summed E-state index contributed by atoms with van der Waals surface area (Å²) in [5, 5.41) is 2.94. The Kier molecular flexibility index (Phi) is 5.16. The molecule has 1 fully saturated rings. The summed E-state index contributed by atoms with van der Waals surface area (Å²) in [6, 6.07) is 9.87. The van der Waals surface area contributed by atoms with E-state index in [-0.39, 0.29) is 23.8 Å². The summed E-state index contributed by atoms with van der Waals surface area (Å²) in [5.41, 5.74) is 1.37. The van der Waals surface area contributed by atoms with E-state index in [0.29, 0.717) is 18.8 Å². The van der Waals surface area contributed by atoms with Crippen LogP contribution in [0, 0.1) is 5.92 Å². The van der Waals surface area contributed by atoms with Crippen LogP contribution in [0.5, 0.6) is 0 Å². The highest BCUT2D eigenvalue weighted by atomic mass is 16.2. The second-order valence-corrected chi connectivity index (χ2v) is 6.76. The Morgan fingerprint density at radius 2 is 2.00 bits per heavy atom. The number of hydrogen-bond donors (Lipinski definition) is 1. The van der Waals surface area contributed by atoms with Gasteiger partial charge in [0, 0.05) is 31.0 Å². The predicted molar refractivity (Wildman–Crippen MR) is 95.5 cm³/mol. The molecule has 0 unspecified atom stereocenters. The maximum absolute atomic E-state index is 12.8. The normalized spacial score (nSPS) is 17.6. The standard InChI is InChI=1S/C19H24N4O2/c1-14(2)21-18(24)15-7-6-10-22(11-15)19(25)17-12-23(13-20-17)16-8-4-3-5-9-16/h3-5,8-9,12-15H,6-7,10-11H2,1-2H3,(H,21,24)/t15-/m1/s1. The number of amides is 2. The molecule has 3 rings (SSSR count). The summed E-state index contributed by atoms with van der Waals surface area (Å²) >= 11 is 0. The Morgan fingerprint density at radius 3 is 2.72 bits per heavy atom. The second kappa shape index (κ2) is 7.51. The molecule has 0 spiro atoms. The highest BCUT2D eigenvalue weighted by Gasteiger charge is 2.29. The van der Waals surface area contributed by atoms with Crippen molar-refractivity contribution in [3.05, 3.63) is 48.5 Å². The van der Waals surface area contributed by atoms with Crippen LogP contribution in [0.2, 0.25) is 0 Å². The van der Waals surface area contributed by atoms with Gasteiger partial charge in [-0.05, 0) is 38.8 Å². The molecule has 0 radical (unpaired) electrons. The van der Waals surface area contributed by atoms with Crippen molar-refractivity contribution in [2.45, 2.75) is 32.7 Å². The molecule has 1 aliphatic heterocycles. The molecule has 2 aromatic rings. The molecule has 1 aliphatic rings. The molecular weight excluding hydrogens is 316 g/mol. The minimum atomic E-state index is -0.142. The zero-order valence-corrected chi connectivity index (χ0v) is 14.7. The van der Waals surface area contributed by atoms with Crippen molar-refractivity contribution in [3.8, 4) is 5.69 Å². The minimum absolute atomic E-state index is 0.0299. The van der Waals surface area contributed by atoms with Crippen molar-refractivity contribution in [2.75, 3.05) is 13.1 Å². The number of hydrogen-bond acceptors (Lipinski definition) is 3. The van der Waals surface area contributed by atoms with Crippen molar-refractivity contribution in [1.29, 1.82) is 0 Å². The summed E-state index contributed by atoms with van der Waals surface area (Å²) in [6.07, 6.45) is 5.05. The third-order valence-electron chi connectivity index (χ3n) is 4.37. The van der Waals surface area contributed by atoms with Gasteiger partial charge in [0.05, 0.1) is 5.92 Å². The largest absolute Gasteiger partial charge is 0.354 e. The van der Waals surface area contributed by atoms with Crippen LogP contribution in [0.1, 0.15) is 37.2 Å². The third kappa shape index (κ3) is 4.07. The molecule has 1 aromatic carbocycles. The Hall–Kier alpha value is -2.63. The summed E-state index contributed by atoms with van der Waals surface area (Å²) in [6.45, 7) is 5.01. The molecule has 2 amide bonds. The zero-order valence-electron chi connectivity index (χ0n) is 14.7. The van der Waals surface area contributed by atoms with Gasteiger partial charge in [0.15, 0.2) is 0 Å². The molecule has 0 saturated carbocycles. The van der Waals surface area contributed by atoms with Crippen LogP contribution in [-0.4, -0.2) is 45.4 Å². The van der Waals surface area contributed by atoms with E-state index < -0.39 is 0 Å². The van der Waals surface area contributed by atoms with E-state index >= 15 is 0 Å². The fourth-order valence-corrected chi connectivity index (χ4v) is 3.11. The number of imidazole rings is 1. The first-order valence-corrected chi connectivity index (χ1v) is 8.73. The molecule has 1 atom stereocenters. The van der Waals surface area contributed by atoms with Crippen LogP contribution < -0.4 is 5.32 Å². The summed E-state index contributed by atoms with van der Waals surface area (Å²) in [7, 11) is 0. The van der Waals surface area contributed by atoms with Gasteiger partial charge in [-0.3, -0.25) is 9.59 Å². The van der Waals surface area contributed by atoms with Crippen LogP contribution in [0.25, 0.3) is 5.69 Å². The zero-order chi connectivity index (χ0) is 17.8. The van der Waals surface area contributed by atoms with Gasteiger partial charge < -0.3 is 14.8 Å². The Bertz CT molecular complexity index is 739. The van der Waals surface area contributed by atoms with E-state index in [0.717, 1.165) is 18.5 Å². The third-order valence-corrected chi connectivity index (χ3v) is 4.37. The maximum atomic E-state index is 12.8. The quantitative estimate of drug-likeness (QED) is 0.928. The molecule has 0 aliphatic carbocycles. The number of benzene rings is 1. The van der Waals surface area contributed by atoms with Crippen LogP contribution >= 0.6 is 0 Å². The van der Waals surface area contributed by atoms with Crippen LogP contribution in [-0.2, 0) is 4.79 Å². The first-order chi connectivity index (χ1) is 12.0. The van der Waals surface area contributed by atoms with Gasteiger partial charge in [-0.1, -0.05) is 18.2 Å². The van der Waals surface area contributed by atoms with Crippen molar-refractivity contribution >= 4 is 11.8 Å². The highest BCUT2D eigenvalue weighted by Crippen LogP contribution is 2.19. The van der Waals surface area contributed by atoms with Gasteiger partial charge in [-0.2, -0.15) is 0 Å². The molecule has 6 heteroatoms. The number of nitrogens with one attached hydrogen (secondary N) is 1. The number of likely N-dealkylation sites (tertiary alicyclic amines) is 1. The van der Waals surface area contributed by atoms with Gasteiger partial charge in [0.25, 0.3) is 5.91 Å². The summed E-state index contributed by atoms with van der Waals surface area (Å²) in [5.74, 6) is -0.227. The predicted octanol–water partition coefficient (Wildman–Crippen LogP) is 2.25. The van der Waals surface area contributed by atoms with E-state index in [1.807, 2.05) is 48.7 Å². The van der Waals surface area contributed by atoms with E-state index in [4.69, 9.17) is 0 Å². The number of nitrogens with zero attached hydrogens (tertiary/aromatic N) is 3. The van der Waals surface area contributed by atoms with Gasteiger partial charge in [0.2, 0.25) is 5.91 Å². The Balaban J connectivity index is 1.68. The summed E-state index contributed by atoms with van der Waals surface area (Å²) < 4.78 is 1.83. The molecule has 6 nitrogen and oxygen atoms in total. The van der Waals surface area contributed by atoms with E-state index in [2.05, 4.69) is 10.3 Å². The Morgan fingerprint density at radius 1 is 1.24 bits per heavy atom. The molecule has 25 heavy (non-hydrogen) atoms. The first kappa shape index (κ1) is 17.2. The Labute approximate surface area is 147 Å². The van der Waals surface area contributed by atoms with Crippen molar-refractivity contribution in [1.82, 2.24) is 19.8 Å². The average molecular weight is 340 g/mol. The van der Waals surface area contributed by atoms with E-state index in [9.17, 15) is 9.59 Å². The van der Waals surface area contributed by atoms with Gasteiger partial charge in [0.1, 0.15) is 12.0 Å². The SMILES string of the molecule is CC(C)NC(=O)[C@@H]1CCCN(C(=O)c2cn(-c3ccccc3)cn2)C1. The topological polar surface area (TPSA) is 67.2 Å². The maximum Gasteiger partial charge on any atom is 0.274 e. The molecular formula is C19H24N4O2. The molecule has 132 valence electrons. The monoisotopic (exact) mass is 340 g/mol. The minimum Gasteiger partial charge on any atom is -0.354 e. The number of piperidine rings is 1. The lowest BCUT2D eigenvalue weighted by atomic mass is 9.96. The molecule has 1 saturated heterocycles. The lowest BCUT2D eigenvalue weighted by Crippen LogP contribution is -2.46. The molecule has 2 heterocycles. The molecule has 1 N–H and O–H groups in total. The van der Waals surface area contributed by atoms with Gasteiger partial charge in [-0.15, -0.1) is 0 Å². The smallest absolute Gasteiger partial charge is 0.274 e. The number of aromatic nitrogens is 2. The van der Waals surface area contributed by atoms with Crippen LogP contribution in [0.3, 0.4) is 0 Å². The van der Waals surface area contributed by atoms with Gasteiger partial charge in [-0.25, -0.2) is 4.98 Å². The summed E-state index contributed by atoms with van der Waals surface area (Å²) in [4.78, 5) is 31.0. The number of para-hydroxylation sites is 1. The van der Waals surface area contributed by atoms with E-state index in [1.54, 1.807) is 17.4 Å². The lowest BCUT2D eigenvalue weighted by molar-refractivity contribution is -0.126. The first-order valence-electron chi connectivity index (χ1n) is 8.73. The van der Waals surface area contributed by atoms with Crippen molar-refractivity contribution in [3.63, 3.8) is 0 Å². The fourth-order valence-electron chi connectivity index (χ4n) is 3.11. The fraction of sp³-hybridized carbons (Fsp3) is 0.421. The number of carbonyl (C=O) groups is 2. The number of rotatable bonds is 4. The second-order valence-electron chi connectivity index (χ2n) is 6.76. The van der Waals surface area contributed by atoms with Crippen LogP contribution in [0.15, 0.2) is 42.9 Å². The van der Waals surface area contributed by atoms with Gasteiger partial charge >= 0.3 is 0 Å². The number of carbonyl (C=O) groups excluding carboxylic acids is 2. The molecule has 1 aromatic heterocycles. The van der Waals surface area contributed by atoms with Crippen molar-refractivity contribution < 1.29 is 9.59 Å². The van der Waals surface area contributed by atoms with Crippen LogP contribution in [0.4, 0.5) is 0 Å². The molecule has 0 bridgehead atoms.